The molecule has 22 heavy (non-hydrogen) atoms. The average Bonchev–Trinajstić information content (AvgIpc) is 2.43. The minimum Gasteiger partial charge on any atom is -0.464 e. The summed E-state index contributed by atoms with van der Waals surface area (Å²) in [5.41, 5.74) is -0.917. The van der Waals surface area contributed by atoms with Crippen LogP contribution in [0.1, 0.15) is 19.4 Å². The zero-order chi connectivity index (χ0) is 16.9. The van der Waals surface area contributed by atoms with Gasteiger partial charge in [0.25, 0.3) is 0 Å². The van der Waals surface area contributed by atoms with E-state index in [-0.39, 0.29) is 17.9 Å². The van der Waals surface area contributed by atoms with Gasteiger partial charge in [-0.3, -0.25) is 4.79 Å². The molecule has 0 amide bonds. The van der Waals surface area contributed by atoms with Gasteiger partial charge in [0.15, 0.2) is 11.8 Å². The van der Waals surface area contributed by atoms with Gasteiger partial charge in [-0.05, 0) is 32.0 Å². The summed E-state index contributed by atoms with van der Waals surface area (Å²) in [5.74, 6) is -1.24. The van der Waals surface area contributed by atoms with Crippen molar-refractivity contribution in [3.05, 3.63) is 42.0 Å². The lowest BCUT2D eigenvalue weighted by Gasteiger charge is -2.19. The smallest absolute Gasteiger partial charge is 0.416 e. The molecule has 0 fully saturated rings. The van der Waals surface area contributed by atoms with Gasteiger partial charge in [-0.2, -0.15) is 13.2 Å². The number of hydrogen-bond donors (Lipinski definition) is 1. The van der Waals surface area contributed by atoms with Crippen LogP contribution in [0, 0.1) is 0 Å². The van der Waals surface area contributed by atoms with Crippen molar-refractivity contribution in [3.63, 3.8) is 0 Å². The summed E-state index contributed by atoms with van der Waals surface area (Å²) in [6.07, 6.45) is -4.51. The van der Waals surface area contributed by atoms with E-state index >= 15 is 0 Å². The number of carbonyl (C=O) groups excluding carboxylic acids is 2. The Morgan fingerprint density at radius 2 is 2.00 bits per heavy atom. The van der Waals surface area contributed by atoms with Gasteiger partial charge in [0.05, 0.1) is 12.2 Å². The minimum atomic E-state index is -4.51. The number of nitrogens with one attached hydrogen (secondary N) is 1. The van der Waals surface area contributed by atoms with Crippen LogP contribution in [-0.2, 0) is 20.5 Å². The lowest BCUT2D eigenvalue weighted by Crippen LogP contribution is -2.35. The van der Waals surface area contributed by atoms with Crippen LogP contribution in [0.15, 0.2) is 36.4 Å². The first kappa shape index (κ1) is 17.7. The first-order valence-corrected chi connectivity index (χ1v) is 6.47. The van der Waals surface area contributed by atoms with Crippen LogP contribution >= 0.6 is 0 Å². The standard InChI is InChI=1S/C15H16F3NO3/c1-4-22-14(21)13(9(2)10(3)20)19-12-7-5-6-11(8-12)15(16,17)18/h5-8,13,19H,2,4H2,1,3H3. The maximum absolute atomic E-state index is 12.7. The molecular formula is C15H16F3NO3. The van der Waals surface area contributed by atoms with Crippen molar-refractivity contribution < 1.29 is 27.5 Å². The van der Waals surface area contributed by atoms with Crippen LogP contribution < -0.4 is 5.32 Å². The third-order valence-corrected chi connectivity index (χ3v) is 2.82. The molecule has 0 saturated carbocycles. The van der Waals surface area contributed by atoms with Crippen molar-refractivity contribution in [2.75, 3.05) is 11.9 Å². The van der Waals surface area contributed by atoms with Crippen molar-refractivity contribution in [3.8, 4) is 0 Å². The number of halogens is 3. The normalized spacial score (nSPS) is 12.4. The van der Waals surface area contributed by atoms with E-state index in [9.17, 15) is 22.8 Å². The molecule has 0 saturated heterocycles. The molecule has 0 aliphatic rings. The SMILES string of the molecule is C=C(C(C)=O)C(Nc1cccc(C(F)(F)F)c1)C(=O)OCC. The number of Topliss-reactive ketones (excluding diaryl/α,β-unsaturated/α-hetero) is 1. The van der Waals surface area contributed by atoms with E-state index in [1.807, 2.05) is 0 Å². The third kappa shape index (κ3) is 4.61. The molecular weight excluding hydrogens is 299 g/mol. The molecule has 1 N–H and O–H groups in total. The second-order valence-electron chi connectivity index (χ2n) is 4.49. The molecule has 0 spiro atoms. The van der Waals surface area contributed by atoms with Gasteiger partial charge >= 0.3 is 12.1 Å². The van der Waals surface area contributed by atoms with Crippen LogP contribution in [0.25, 0.3) is 0 Å². The maximum Gasteiger partial charge on any atom is 0.416 e. The third-order valence-electron chi connectivity index (χ3n) is 2.82. The van der Waals surface area contributed by atoms with Gasteiger partial charge in [-0.25, -0.2) is 4.79 Å². The van der Waals surface area contributed by atoms with Crippen LogP contribution in [0.2, 0.25) is 0 Å². The number of hydrogen-bond acceptors (Lipinski definition) is 4. The molecule has 0 radical (unpaired) electrons. The van der Waals surface area contributed by atoms with E-state index < -0.39 is 29.5 Å². The largest absolute Gasteiger partial charge is 0.464 e. The molecule has 0 bridgehead atoms. The quantitative estimate of drug-likeness (QED) is 0.647. The Kier molecular flexibility index (Phi) is 5.73. The number of esters is 1. The van der Waals surface area contributed by atoms with Crippen LogP contribution in [-0.4, -0.2) is 24.4 Å². The summed E-state index contributed by atoms with van der Waals surface area (Å²) < 4.78 is 42.8. The summed E-state index contributed by atoms with van der Waals surface area (Å²) >= 11 is 0. The van der Waals surface area contributed by atoms with Crippen molar-refractivity contribution in [2.45, 2.75) is 26.1 Å². The minimum absolute atomic E-state index is 0.0373. The van der Waals surface area contributed by atoms with Crippen molar-refractivity contribution in [1.82, 2.24) is 0 Å². The molecule has 0 heterocycles. The fraction of sp³-hybridized carbons (Fsp3) is 0.333. The molecule has 1 atom stereocenters. The molecule has 120 valence electrons. The Bertz CT molecular complexity index is 582. The first-order chi connectivity index (χ1) is 10.2. The molecule has 4 nitrogen and oxygen atoms in total. The summed E-state index contributed by atoms with van der Waals surface area (Å²) in [6.45, 7) is 6.35. The fourth-order valence-corrected chi connectivity index (χ4v) is 1.67. The summed E-state index contributed by atoms with van der Waals surface area (Å²) in [7, 11) is 0. The molecule has 0 aliphatic heterocycles. The van der Waals surface area contributed by atoms with E-state index in [0.717, 1.165) is 12.1 Å². The van der Waals surface area contributed by atoms with Crippen LogP contribution in [0.3, 0.4) is 0 Å². The van der Waals surface area contributed by atoms with Gasteiger partial charge in [0, 0.05) is 11.3 Å². The first-order valence-electron chi connectivity index (χ1n) is 6.47. The molecule has 1 aromatic rings. The van der Waals surface area contributed by atoms with Crippen LogP contribution in [0.5, 0.6) is 0 Å². The monoisotopic (exact) mass is 315 g/mol. The van der Waals surface area contributed by atoms with E-state index in [1.54, 1.807) is 6.92 Å². The number of rotatable bonds is 6. The van der Waals surface area contributed by atoms with Crippen molar-refractivity contribution in [1.29, 1.82) is 0 Å². The highest BCUT2D eigenvalue weighted by molar-refractivity contribution is 6.01. The summed E-state index contributed by atoms with van der Waals surface area (Å²) in [5, 5.41) is 2.56. The Balaban J connectivity index is 3.06. The fourth-order valence-electron chi connectivity index (χ4n) is 1.67. The Labute approximate surface area is 126 Å². The molecule has 0 aliphatic carbocycles. The van der Waals surface area contributed by atoms with E-state index in [1.165, 1.54) is 19.1 Å². The lowest BCUT2D eigenvalue weighted by atomic mass is 10.0. The summed E-state index contributed by atoms with van der Waals surface area (Å²) in [6, 6.07) is 3.07. The Hall–Kier alpha value is -2.31. The Morgan fingerprint density at radius 3 is 2.50 bits per heavy atom. The van der Waals surface area contributed by atoms with E-state index in [0.29, 0.717) is 0 Å². The predicted octanol–water partition coefficient (Wildman–Crippen LogP) is 3.19. The summed E-state index contributed by atoms with van der Waals surface area (Å²) in [4.78, 5) is 23.2. The maximum atomic E-state index is 12.7. The number of carbonyl (C=O) groups is 2. The number of benzene rings is 1. The Morgan fingerprint density at radius 1 is 1.36 bits per heavy atom. The van der Waals surface area contributed by atoms with E-state index in [2.05, 4.69) is 11.9 Å². The number of alkyl halides is 3. The average molecular weight is 315 g/mol. The number of anilines is 1. The van der Waals surface area contributed by atoms with E-state index in [4.69, 9.17) is 4.74 Å². The van der Waals surface area contributed by atoms with Crippen LogP contribution in [0.4, 0.5) is 18.9 Å². The van der Waals surface area contributed by atoms with Gasteiger partial charge in [-0.1, -0.05) is 12.6 Å². The highest BCUT2D eigenvalue weighted by Crippen LogP contribution is 2.31. The second-order valence-corrected chi connectivity index (χ2v) is 4.49. The predicted molar refractivity (Wildman–Crippen MR) is 75.3 cm³/mol. The zero-order valence-electron chi connectivity index (χ0n) is 12.2. The molecule has 1 aromatic carbocycles. The van der Waals surface area contributed by atoms with Crippen molar-refractivity contribution >= 4 is 17.4 Å². The topological polar surface area (TPSA) is 55.4 Å². The highest BCUT2D eigenvalue weighted by atomic mass is 19.4. The number of ether oxygens (including phenoxy) is 1. The second kappa shape index (κ2) is 7.11. The van der Waals surface area contributed by atoms with Gasteiger partial charge in [-0.15, -0.1) is 0 Å². The highest BCUT2D eigenvalue weighted by Gasteiger charge is 2.31. The molecule has 7 heteroatoms. The van der Waals surface area contributed by atoms with Gasteiger partial charge < -0.3 is 10.1 Å². The van der Waals surface area contributed by atoms with Crippen molar-refractivity contribution in [2.24, 2.45) is 0 Å². The molecule has 1 rings (SSSR count). The molecule has 0 aromatic heterocycles. The zero-order valence-corrected chi connectivity index (χ0v) is 12.2. The number of ketones is 1. The van der Waals surface area contributed by atoms with Gasteiger partial charge in [0.2, 0.25) is 0 Å². The lowest BCUT2D eigenvalue weighted by molar-refractivity contribution is -0.143. The molecule has 1 unspecified atom stereocenters. The van der Waals surface area contributed by atoms with Gasteiger partial charge in [0.1, 0.15) is 0 Å².